The molecule has 7 nitrogen and oxygen atoms in total. The second-order valence-electron chi connectivity index (χ2n) is 9.05. The number of benzene rings is 2. The SMILES string of the molecule is CCC(=O)c1cc(-c2ccc3c(c2)C(C)(C)CC(=O)N3)n(-c2ccc(S(N)(=O)=O)cc2)c1C. The van der Waals surface area contributed by atoms with Gasteiger partial charge < -0.3 is 9.88 Å². The molecule has 3 N–H and O–H groups in total. The highest BCUT2D eigenvalue weighted by Gasteiger charge is 2.32. The molecule has 0 saturated heterocycles. The number of nitrogens with one attached hydrogen (secondary N) is 1. The van der Waals surface area contributed by atoms with Crippen molar-refractivity contribution >= 4 is 27.4 Å². The molecule has 3 aromatic rings. The molecule has 0 saturated carbocycles. The molecular formula is C25H27N3O4S. The maximum atomic E-state index is 12.7. The van der Waals surface area contributed by atoms with E-state index in [4.69, 9.17) is 5.14 Å². The topological polar surface area (TPSA) is 111 Å². The van der Waals surface area contributed by atoms with Crippen LogP contribution in [0.2, 0.25) is 0 Å². The van der Waals surface area contributed by atoms with Crippen LogP contribution in [0.15, 0.2) is 53.4 Å². The van der Waals surface area contributed by atoms with Crippen molar-refractivity contribution in [1.82, 2.24) is 4.57 Å². The summed E-state index contributed by atoms with van der Waals surface area (Å²) < 4.78 is 25.3. The number of sulfonamides is 1. The summed E-state index contributed by atoms with van der Waals surface area (Å²) >= 11 is 0. The zero-order chi connectivity index (χ0) is 24.1. The molecule has 1 aromatic heterocycles. The molecule has 33 heavy (non-hydrogen) atoms. The predicted molar refractivity (Wildman–Crippen MR) is 128 cm³/mol. The van der Waals surface area contributed by atoms with Gasteiger partial charge in [-0.1, -0.05) is 26.8 Å². The third-order valence-corrected chi connectivity index (χ3v) is 7.14. The van der Waals surface area contributed by atoms with E-state index in [1.54, 1.807) is 12.1 Å². The molecule has 0 bridgehead atoms. The van der Waals surface area contributed by atoms with Gasteiger partial charge >= 0.3 is 0 Å². The fraction of sp³-hybridized carbons (Fsp3) is 0.280. The van der Waals surface area contributed by atoms with Crippen molar-refractivity contribution in [3.05, 3.63) is 65.4 Å². The van der Waals surface area contributed by atoms with Crippen LogP contribution in [-0.2, 0) is 20.2 Å². The largest absolute Gasteiger partial charge is 0.326 e. The average molecular weight is 466 g/mol. The van der Waals surface area contributed by atoms with Crippen molar-refractivity contribution in [1.29, 1.82) is 0 Å². The van der Waals surface area contributed by atoms with E-state index in [2.05, 4.69) is 11.4 Å². The van der Waals surface area contributed by atoms with Gasteiger partial charge in [0.25, 0.3) is 0 Å². The summed E-state index contributed by atoms with van der Waals surface area (Å²) in [6.07, 6.45) is 0.760. The van der Waals surface area contributed by atoms with Gasteiger partial charge in [-0.2, -0.15) is 0 Å². The Morgan fingerprint density at radius 1 is 1.12 bits per heavy atom. The second-order valence-corrected chi connectivity index (χ2v) is 10.6. The molecule has 0 atom stereocenters. The van der Waals surface area contributed by atoms with Gasteiger partial charge in [0, 0.05) is 40.9 Å². The third-order valence-electron chi connectivity index (χ3n) is 6.21. The Bertz CT molecular complexity index is 1380. The quantitative estimate of drug-likeness (QED) is 0.547. The van der Waals surface area contributed by atoms with Crippen LogP contribution in [0, 0.1) is 6.92 Å². The molecule has 0 fully saturated rings. The number of primary sulfonamides is 1. The molecule has 0 aliphatic carbocycles. The van der Waals surface area contributed by atoms with Crippen LogP contribution in [0.5, 0.6) is 0 Å². The van der Waals surface area contributed by atoms with Crippen molar-refractivity contribution in [3.8, 4) is 16.9 Å². The first-order valence-corrected chi connectivity index (χ1v) is 12.3. The Balaban J connectivity index is 1.93. The lowest BCUT2D eigenvalue weighted by Gasteiger charge is -2.32. The first-order chi connectivity index (χ1) is 15.4. The predicted octanol–water partition coefficient (Wildman–Crippen LogP) is 4.31. The minimum Gasteiger partial charge on any atom is -0.326 e. The molecule has 2 aromatic carbocycles. The lowest BCUT2D eigenvalue weighted by Crippen LogP contribution is -2.32. The lowest BCUT2D eigenvalue weighted by atomic mass is 9.77. The Morgan fingerprint density at radius 3 is 2.39 bits per heavy atom. The fourth-order valence-electron chi connectivity index (χ4n) is 4.47. The highest BCUT2D eigenvalue weighted by molar-refractivity contribution is 7.89. The summed E-state index contributed by atoms with van der Waals surface area (Å²) in [5, 5.41) is 8.19. The molecule has 1 aliphatic heterocycles. The van der Waals surface area contributed by atoms with Gasteiger partial charge in [0.05, 0.1) is 10.6 Å². The van der Waals surface area contributed by atoms with Gasteiger partial charge in [0.1, 0.15) is 0 Å². The van der Waals surface area contributed by atoms with E-state index < -0.39 is 10.0 Å². The molecule has 172 valence electrons. The molecule has 2 heterocycles. The number of nitrogens with two attached hydrogens (primary N) is 1. The van der Waals surface area contributed by atoms with E-state index in [-0.39, 0.29) is 22.0 Å². The van der Waals surface area contributed by atoms with E-state index in [0.717, 1.165) is 33.9 Å². The van der Waals surface area contributed by atoms with E-state index in [9.17, 15) is 18.0 Å². The van der Waals surface area contributed by atoms with Crippen LogP contribution in [0.4, 0.5) is 5.69 Å². The van der Waals surface area contributed by atoms with Crippen LogP contribution in [0.25, 0.3) is 16.9 Å². The average Bonchev–Trinajstić information content (AvgIpc) is 3.09. The van der Waals surface area contributed by atoms with Gasteiger partial charge in [-0.15, -0.1) is 0 Å². The van der Waals surface area contributed by atoms with Gasteiger partial charge in [0.15, 0.2) is 5.78 Å². The highest BCUT2D eigenvalue weighted by Crippen LogP contribution is 2.40. The minimum absolute atomic E-state index is 0.00903. The van der Waals surface area contributed by atoms with Gasteiger partial charge in [-0.3, -0.25) is 9.59 Å². The van der Waals surface area contributed by atoms with Crippen molar-refractivity contribution in [2.75, 3.05) is 5.32 Å². The molecule has 0 spiro atoms. The van der Waals surface area contributed by atoms with Crippen LogP contribution in [-0.4, -0.2) is 24.7 Å². The van der Waals surface area contributed by atoms with Crippen LogP contribution in [0.1, 0.15) is 55.2 Å². The zero-order valence-corrected chi connectivity index (χ0v) is 19.9. The summed E-state index contributed by atoms with van der Waals surface area (Å²) in [4.78, 5) is 24.8. The number of fused-ring (bicyclic) bond motifs is 1. The van der Waals surface area contributed by atoms with Crippen LogP contribution >= 0.6 is 0 Å². The summed E-state index contributed by atoms with van der Waals surface area (Å²) in [5.74, 6) is 0.0180. The first-order valence-electron chi connectivity index (χ1n) is 10.8. The Labute approximate surface area is 193 Å². The van der Waals surface area contributed by atoms with E-state index in [1.165, 1.54) is 12.1 Å². The number of nitrogens with zero attached hydrogens (tertiary/aromatic N) is 1. The number of ketones is 1. The molecule has 8 heteroatoms. The summed E-state index contributed by atoms with van der Waals surface area (Å²) in [5.41, 5.74) is 5.29. The Morgan fingerprint density at radius 2 is 1.79 bits per heavy atom. The highest BCUT2D eigenvalue weighted by atomic mass is 32.2. The number of aromatic nitrogens is 1. The van der Waals surface area contributed by atoms with E-state index >= 15 is 0 Å². The summed E-state index contributed by atoms with van der Waals surface area (Å²) in [6, 6.07) is 14.0. The normalized spacial score (nSPS) is 15.1. The van der Waals surface area contributed by atoms with Gasteiger partial charge in [-0.05, 0) is 60.5 Å². The van der Waals surface area contributed by atoms with E-state index in [0.29, 0.717) is 18.4 Å². The Kier molecular flexibility index (Phi) is 5.54. The lowest BCUT2D eigenvalue weighted by molar-refractivity contribution is -0.117. The van der Waals surface area contributed by atoms with Crippen LogP contribution in [0.3, 0.4) is 0 Å². The number of anilines is 1. The first kappa shape index (κ1) is 22.9. The van der Waals surface area contributed by atoms with Crippen molar-refractivity contribution in [3.63, 3.8) is 0 Å². The second kappa shape index (κ2) is 7.97. The monoisotopic (exact) mass is 465 g/mol. The van der Waals surface area contributed by atoms with E-state index in [1.807, 2.05) is 50.5 Å². The molecule has 1 amide bonds. The number of amides is 1. The summed E-state index contributed by atoms with van der Waals surface area (Å²) in [7, 11) is -3.81. The molecule has 0 radical (unpaired) electrons. The molecular weight excluding hydrogens is 438 g/mol. The number of Topliss-reactive ketones (excluding diaryl/α,β-unsaturated/α-hetero) is 1. The van der Waals surface area contributed by atoms with Gasteiger partial charge in [0.2, 0.25) is 15.9 Å². The number of carbonyl (C=O) groups is 2. The third kappa shape index (κ3) is 4.12. The number of rotatable bonds is 5. The van der Waals surface area contributed by atoms with Crippen LogP contribution < -0.4 is 10.5 Å². The summed E-state index contributed by atoms with van der Waals surface area (Å²) in [6.45, 7) is 7.78. The minimum atomic E-state index is -3.81. The Hall–Kier alpha value is -3.23. The standard InChI is InChI=1S/C25H27N3O4S/c1-5-23(29)19-13-22(16-6-11-21-20(12-16)25(3,4)14-24(30)27-21)28(15(19)2)17-7-9-18(10-8-17)33(26,31)32/h6-13H,5,14H2,1-4H3,(H,27,30)(H2,26,31,32). The number of carbonyl (C=O) groups excluding carboxylic acids is 2. The number of hydrogen-bond donors (Lipinski definition) is 2. The van der Waals surface area contributed by atoms with Crippen molar-refractivity contribution in [2.45, 2.75) is 50.8 Å². The van der Waals surface area contributed by atoms with Crippen molar-refractivity contribution < 1.29 is 18.0 Å². The maximum absolute atomic E-state index is 12.7. The number of hydrogen-bond acceptors (Lipinski definition) is 4. The molecule has 0 unspecified atom stereocenters. The molecule has 1 aliphatic rings. The maximum Gasteiger partial charge on any atom is 0.238 e. The van der Waals surface area contributed by atoms with Crippen molar-refractivity contribution in [2.24, 2.45) is 5.14 Å². The smallest absolute Gasteiger partial charge is 0.238 e. The van der Waals surface area contributed by atoms with Gasteiger partial charge in [-0.25, -0.2) is 13.6 Å². The molecule has 4 rings (SSSR count). The zero-order valence-electron chi connectivity index (χ0n) is 19.1. The fourth-order valence-corrected chi connectivity index (χ4v) is 4.99.